The third-order valence-corrected chi connectivity index (χ3v) is 4.07. The minimum Gasteiger partial charge on any atom is -0.480 e. The molecule has 20 heavy (non-hydrogen) atoms. The minimum atomic E-state index is -0.979. The number of carboxylic acid groups (broad SMARTS) is 2. The van der Waals surface area contributed by atoms with Crippen LogP contribution in [0.2, 0.25) is 0 Å². The van der Waals surface area contributed by atoms with Crippen LogP contribution in [0.3, 0.4) is 0 Å². The Morgan fingerprint density at radius 1 is 1.30 bits per heavy atom. The maximum absolute atomic E-state index is 10.9. The van der Waals surface area contributed by atoms with E-state index in [4.69, 9.17) is 10.2 Å². The van der Waals surface area contributed by atoms with Crippen molar-refractivity contribution >= 4 is 11.9 Å². The van der Waals surface area contributed by atoms with Crippen LogP contribution in [0.1, 0.15) is 33.1 Å². The summed E-state index contributed by atoms with van der Waals surface area (Å²) in [6.45, 7) is 8.49. The largest absolute Gasteiger partial charge is 0.480 e. The van der Waals surface area contributed by atoms with Crippen LogP contribution < -0.4 is 0 Å². The fourth-order valence-corrected chi connectivity index (χ4v) is 3.11. The highest BCUT2D eigenvalue weighted by Gasteiger charge is 2.31. The van der Waals surface area contributed by atoms with Gasteiger partial charge in [0.1, 0.15) is 0 Å². The first-order valence-corrected chi connectivity index (χ1v) is 7.12. The molecule has 0 bridgehead atoms. The molecule has 0 spiro atoms. The Morgan fingerprint density at radius 2 is 1.85 bits per heavy atom. The molecular weight excluding hydrogens is 258 g/mol. The number of nitrogens with zero attached hydrogens (tertiary/aromatic N) is 1. The van der Waals surface area contributed by atoms with E-state index in [0.717, 1.165) is 19.3 Å². The van der Waals surface area contributed by atoms with Crippen molar-refractivity contribution in [3.8, 4) is 0 Å². The predicted molar refractivity (Wildman–Crippen MR) is 76.5 cm³/mol. The van der Waals surface area contributed by atoms with Crippen LogP contribution in [0, 0.1) is 17.8 Å². The van der Waals surface area contributed by atoms with E-state index in [2.05, 4.69) is 20.4 Å². The molecule has 114 valence electrons. The average Bonchev–Trinajstić information content (AvgIpc) is 2.29. The Kier molecular flexibility index (Phi) is 6.20. The van der Waals surface area contributed by atoms with Gasteiger partial charge in [-0.15, -0.1) is 0 Å². The molecule has 2 N–H and O–H groups in total. The Bertz CT molecular complexity index is 362. The molecule has 0 heterocycles. The molecule has 0 saturated heterocycles. The number of aliphatic carboxylic acids is 2. The highest BCUT2D eigenvalue weighted by atomic mass is 16.4. The summed E-state index contributed by atoms with van der Waals surface area (Å²) in [7, 11) is 0. The van der Waals surface area contributed by atoms with Gasteiger partial charge < -0.3 is 10.2 Å². The van der Waals surface area contributed by atoms with Gasteiger partial charge in [-0.05, 0) is 37.0 Å². The van der Waals surface area contributed by atoms with Crippen molar-refractivity contribution in [3.63, 3.8) is 0 Å². The quantitative estimate of drug-likeness (QED) is 0.699. The molecule has 5 heteroatoms. The lowest BCUT2D eigenvalue weighted by Gasteiger charge is -2.38. The first kappa shape index (κ1) is 16.7. The first-order chi connectivity index (χ1) is 9.29. The van der Waals surface area contributed by atoms with E-state index in [1.54, 1.807) is 0 Å². The maximum atomic E-state index is 10.9. The highest BCUT2D eigenvalue weighted by Crippen LogP contribution is 2.37. The smallest absolute Gasteiger partial charge is 0.317 e. The topological polar surface area (TPSA) is 77.8 Å². The van der Waals surface area contributed by atoms with Gasteiger partial charge in [0.15, 0.2) is 0 Å². The molecule has 0 radical (unpaired) electrons. The number of carbonyl (C=O) groups is 2. The molecule has 1 rings (SSSR count). The number of carboxylic acids is 2. The van der Waals surface area contributed by atoms with Crippen molar-refractivity contribution in [1.29, 1.82) is 0 Å². The molecule has 1 aliphatic rings. The van der Waals surface area contributed by atoms with Crippen LogP contribution in [0.15, 0.2) is 12.2 Å². The van der Waals surface area contributed by atoms with Gasteiger partial charge in [-0.2, -0.15) is 0 Å². The van der Waals surface area contributed by atoms with Gasteiger partial charge in [-0.3, -0.25) is 14.5 Å². The van der Waals surface area contributed by atoms with E-state index in [1.807, 2.05) is 0 Å². The normalized spacial score (nSPS) is 23.3. The summed E-state index contributed by atoms with van der Waals surface area (Å²) in [6.07, 6.45) is 2.90. The first-order valence-electron chi connectivity index (χ1n) is 7.12. The number of allylic oxidation sites excluding steroid dienone is 1. The van der Waals surface area contributed by atoms with Crippen LogP contribution in [0.4, 0.5) is 0 Å². The second-order valence-electron chi connectivity index (χ2n) is 6.12. The van der Waals surface area contributed by atoms with Crippen molar-refractivity contribution in [2.75, 3.05) is 19.6 Å². The van der Waals surface area contributed by atoms with E-state index in [0.29, 0.717) is 24.3 Å². The van der Waals surface area contributed by atoms with Gasteiger partial charge in [0, 0.05) is 6.54 Å². The number of hydrogen-bond acceptors (Lipinski definition) is 3. The molecule has 0 aliphatic heterocycles. The van der Waals surface area contributed by atoms with Gasteiger partial charge in [0.2, 0.25) is 0 Å². The Labute approximate surface area is 120 Å². The standard InChI is InChI=1S/C15H25NO4/c1-10(2)13-6-11(3)4-5-12(13)7-16(8-14(17)18)9-15(19)20/h10,12-13H,3-9H2,1-2H3,(H,17,18)(H,19,20). The summed E-state index contributed by atoms with van der Waals surface area (Å²) in [6, 6.07) is 0. The Balaban J connectivity index is 2.71. The summed E-state index contributed by atoms with van der Waals surface area (Å²) in [5.41, 5.74) is 1.25. The van der Waals surface area contributed by atoms with Crippen LogP contribution in [0.25, 0.3) is 0 Å². The van der Waals surface area contributed by atoms with Crippen LogP contribution in [-0.2, 0) is 9.59 Å². The van der Waals surface area contributed by atoms with E-state index < -0.39 is 11.9 Å². The zero-order valence-electron chi connectivity index (χ0n) is 12.3. The van der Waals surface area contributed by atoms with Gasteiger partial charge in [0.05, 0.1) is 13.1 Å². The molecule has 0 aromatic rings. The lowest BCUT2D eigenvalue weighted by molar-refractivity contribution is -0.142. The van der Waals surface area contributed by atoms with Crippen molar-refractivity contribution < 1.29 is 19.8 Å². The van der Waals surface area contributed by atoms with Gasteiger partial charge in [-0.1, -0.05) is 26.0 Å². The highest BCUT2D eigenvalue weighted by molar-refractivity contribution is 5.72. The molecule has 1 saturated carbocycles. The van der Waals surface area contributed by atoms with Crippen molar-refractivity contribution in [3.05, 3.63) is 12.2 Å². The molecule has 0 aromatic heterocycles. The summed E-state index contributed by atoms with van der Waals surface area (Å²) >= 11 is 0. The molecule has 0 aromatic carbocycles. The summed E-state index contributed by atoms with van der Waals surface area (Å²) in [5, 5.41) is 17.8. The fourth-order valence-electron chi connectivity index (χ4n) is 3.11. The van der Waals surface area contributed by atoms with Crippen molar-refractivity contribution in [1.82, 2.24) is 4.90 Å². The lowest BCUT2D eigenvalue weighted by atomic mass is 9.72. The monoisotopic (exact) mass is 283 g/mol. The molecule has 5 nitrogen and oxygen atoms in total. The lowest BCUT2D eigenvalue weighted by Crippen LogP contribution is -2.41. The summed E-state index contributed by atoms with van der Waals surface area (Å²) in [5.74, 6) is -0.658. The Hall–Kier alpha value is -1.36. The van der Waals surface area contributed by atoms with Crippen LogP contribution in [-0.4, -0.2) is 46.7 Å². The second-order valence-corrected chi connectivity index (χ2v) is 6.12. The van der Waals surface area contributed by atoms with Crippen LogP contribution in [0.5, 0.6) is 0 Å². The van der Waals surface area contributed by atoms with Gasteiger partial charge in [0.25, 0.3) is 0 Å². The zero-order valence-corrected chi connectivity index (χ0v) is 12.3. The number of rotatable bonds is 7. The van der Waals surface area contributed by atoms with E-state index in [-0.39, 0.29) is 13.1 Å². The van der Waals surface area contributed by atoms with Crippen LogP contribution >= 0.6 is 0 Å². The minimum absolute atomic E-state index is 0.214. The SMILES string of the molecule is C=C1CCC(CN(CC(=O)O)CC(=O)O)C(C(C)C)C1. The van der Waals surface area contributed by atoms with E-state index in [9.17, 15) is 9.59 Å². The third kappa shape index (κ3) is 5.33. The fraction of sp³-hybridized carbons (Fsp3) is 0.733. The van der Waals surface area contributed by atoms with Gasteiger partial charge in [-0.25, -0.2) is 0 Å². The maximum Gasteiger partial charge on any atom is 0.317 e. The molecular formula is C15H25NO4. The third-order valence-electron chi connectivity index (χ3n) is 4.07. The molecule has 2 atom stereocenters. The van der Waals surface area contributed by atoms with Gasteiger partial charge >= 0.3 is 11.9 Å². The average molecular weight is 283 g/mol. The molecule has 1 fully saturated rings. The van der Waals surface area contributed by atoms with Crippen molar-refractivity contribution in [2.24, 2.45) is 17.8 Å². The van der Waals surface area contributed by atoms with E-state index in [1.165, 1.54) is 10.5 Å². The predicted octanol–water partition coefficient (Wildman–Crippen LogP) is 2.09. The zero-order chi connectivity index (χ0) is 15.3. The second kappa shape index (κ2) is 7.43. The number of hydrogen-bond donors (Lipinski definition) is 2. The summed E-state index contributed by atoms with van der Waals surface area (Å²) < 4.78 is 0. The Morgan fingerprint density at radius 3 is 2.30 bits per heavy atom. The molecule has 0 amide bonds. The molecule has 2 unspecified atom stereocenters. The van der Waals surface area contributed by atoms with E-state index >= 15 is 0 Å². The van der Waals surface area contributed by atoms with Crippen molar-refractivity contribution in [2.45, 2.75) is 33.1 Å². The summed E-state index contributed by atoms with van der Waals surface area (Å²) in [4.78, 5) is 23.2. The molecule has 1 aliphatic carbocycles.